The van der Waals surface area contributed by atoms with E-state index in [-0.39, 0.29) is 5.91 Å². The van der Waals surface area contributed by atoms with Crippen LogP contribution in [-0.2, 0) is 19.8 Å². The molecule has 0 saturated carbocycles. The van der Waals surface area contributed by atoms with E-state index >= 15 is 0 Å². The minimum Gasteiger partial charge on any atom is -0.382 e. The van der Waals surface area contributed by atoms with Gasteiger partial charge in [-0.05, 0) is 19.5 Å². The molecule has 0 radical (unpaired) electrons. The molecule has 1 aliphatic rings. The van der Waals surface area contributed by atoms with Gasteiger partial charge in [0, 0.05) is 20.2 Å². The zero-order chi connectivity index (χ0) is 15.3. The lowest BCUT2D eigenvalue weighted by Gasteiger charge is -2.35. The van der Waals surface area contributed by atoms with E-state index in [0.29, 0.717) is 19.8 Å². The first-order valence-electron chi connectivity index (χ1n) is 7.22. The van der Waals surface area contributed by atoms with Crippen molar-refractivity contribution in [2.24, 2.45) is 0 Å². The molecule has 0 unspecified atom stereocenters. The first-order valence-corrected chi connectivity index (χ1v) is 7.22. The van der Waals surface area contributed by atoms with E-state index in [4.69, 9.17) is 9.47 Å². The van der Waals surface area contributed by atoms with Crippen molar-refractivity contribution in [3.63, 3.8) is 0 Å². The maximum Gasteiger partial charge on any atom is 0.251 e. The van der Waals surface area contributed by atoms with Crippen LogP contribution in [0.1, 0.15) is 12.5 Å². The molecule has 2 atom stereocenters. The molecule has 5 heteroatoms. The largest absolute Gasteiger partial charge is 0.382 e. The van der Waals surface area contributed by atoms with Crippen LogP contribution in [0.2, 0.25) is 0 Å². The molecule has 2 rings (SSSR count). The second-order valence-corrected chi connectivity index (χ2v) is 5.74. The van der Waals surface area contributed by atoms with Gasteiger partial charge in [0.2, 0.25) is 0 Å². The van der Waals surface area contributed by atoms with E-state index in [1.54, 1.807) is 7.11 Å². The van der Waals surface area contributed by atoms with Crippen LogP contribution in [0.4, 0.5) is 0 Å². The first-order chi connectivity index (χ1) is 10.0. The summed E-state index contributed by atoms with van der Waals surface area (Å²) in [6, 6.07) is 9.86. The van der Waals surface area contributed by atoms with Crippen LogP contribution in [0, 0.1) is 0 Å². The molecule has 1 aromatic carbocycles. The number of carbonyl (C=O) groups is 1. The summed E-state index contributed by atoms with van der Waals surface area (Å²) in [5, 5.41) is 3.09. The van der Waals surface area contributed by atoms with Crippen molar-refractivity contribution in [2.75, 3.05) is 40.5 Å². The Morgan fingerprint density at radius 2 is 2.19 bits per heavy atom. The highest BCUT2D eigenvalue weighted by Crippen LogP contribution is 2.21. The number of hydrogen-bond donors (Lipinski definition) is 1. The number of morpholine rings is 1. The van der Waals surface area contributed by atoms with Crippen LogP contribution >= 0.6 is 0 Å². The Kier molecular flexibility index (Phi) is 5.33. The van der Waals surface area contributed by atoms with Crippen molar-refractivity contribution in [1.29, 1.82) is 0 Å². The van der Waals surface area contributed by atoms with Crippen LogP contribution in [0.25, 0.3) is 0 Å². The van der Waals surface area contributed by atoms with E-state index in [1.807, 2.05) is 44.3 Å². The zero-order valence-corrected chi connectivity index (χ0v) is 13.0. The Hall–Kier alpha value is -1.43. The molecule has 1 aromatic rings. The maximum atomic E-state index is 12.5. The number of hydrogen-bond acceptors (Lipinski definition) is 4. The SMILES string of the molecule is COC[C@@](C)(NC(=O)[C@@H]1CN(C)CCO1)c1ccccc1. The van der Waals surface area contributed by atoms with Crippen molar-refractivity contribution >= 4 is 5.91 Å². The van der Waals surface area contributed by atoms with E-state index in [9.17, 15) is 4.79 Å². The van der Waals surface area contributed by atoms with Crippen molar-refractivity contribution < 1.29 is 14.3 Å². The average molecular weight is 292 g/mol. The average Bonchev–Trinajstić information content (AvgIpc) is 2.48. The lowest BCUT2D eigenvalue weighted by atomic mass is 9.92. The second kappa shape index (κ2) is 7.02. The lowest BCUT2D eigenvalue weighted by Crippen LogP contribution is -2.55. The van der Waals surface area contributed by atoms with Gasteiger partial charge in [-0.1, -0.05) is 30.3 Å². The van der Waals surface area contributed by atoms with Crippen LogP contribution in [0.3, 0.4) is 0 Å². The standard InChI is InChI=1S/C16H24N2O3/c1-16(12-20-3,13-7-5-4-6-8-13)17-15(19)14-11-18(2)9-10-21-14/h4-8,14H,9-12H2,1-3H3,(H,17,19)/t14-,16+/m0/s1. The maximum absolute atomic E-state index is 12.5. The summed E-state index contributed by atoms with van der Waals surface area (Å²) in [6.45, 7) is 4.43. The Morgan fingerprint density at radius 3 is 2.81 bits per heavy atom. The molecule has 0 aromatic heterocycles. The van der Waals surface area contributed by atoms with Gasteiger partial charge in [0.25, 0.3) is 5.91 Å². The van der Waals surface area contributed by atoms with Crippen molar-refractivity contribution in [3.8, 4) is 0 Å². The van der Waals surface area contributed by atoms with Crippen LogP contribution in [0.5, 0.6) is 0 Å². The van der Waals surface area contributed by atoms with Crippen LogP contribution < -0.4 is 5.32 Å². The molecule has 21 heavy (non-hydrogen) atoms. The van der Waals surface area contributed by atoms with E-state index in [0.717, 1.165) is 12.1 Å². The van der Waals surface area contributed by atoms with Gasteiger partial charge >= 0.3 is 0 Å². The normalized spacial score (nSPS) is 22.5. The van der Waals surface area contributed by atoms with Crippen molar-refractivity contribution in [3.05, 3.63) is 35.9 Å². The molecule has 0 bridgehead atoms. The van der Waals surface area contributed by atoms with Crippen molar-refractivity contribution in [2.45, 2.75) is 18.6 Å². The minimum atomic E-state index is -0.563. The van der Waals surface area contributed by atoms with Crippen molar-refractivity contribution in [1.82, 2.24) is 10.2 Å². The number of ether oxygens (including phenoxy) is 2. The molecule has 1 saturated heterocycles. The highest BCUT2D eigenvalue weighted by Gasteiger charge is 2.33. The predicted molar refractivity (Wildman–Crippen MR) is 81.0 cm³/mol. The minimum absolute atomic E-state index is 0.0926. The smallest absolute Gasteiger partial charge is 0.251 e. The molecule has 1 aliphatic heterocycles. The van der Waals surface area contributed by atoms with Gasteiger partial charge in [0.05, 0.1) is 18.8 Å². The summed E-state index contributed by atoms with van der Waals surface area (Å²) in [4.78, 5) is 14.6. The van der Waals surface area contributed by atoms with E-state index in [2.05, 4.69) is 10.2 Å². The molecule has 5 nitrogen and oxygen atoms in total. The van der Waals surface area contributed by atoms with Crippen LogP contribution in [0.15, 0.2) is 30.3 Å². The molecule has 116 valence electrons. The topological polar surface area (TPSA) is 50.8 Å². The van der Waals surface area contributed by atoms with Gasteiger partial charge in [-0.2, -0.15) is 0 Å². The third-order valence-corrected chi connectivity index (χ3v) is 3.80. The molecule has 1 heterocycles. The Bertz CT molecular complexity index is 466. The summed E-state index contributed by atoms with van der Waals surface area (Å²) < 4.78 is 10.9. The van der Waals surface area contributed by atoms with Gasteiger partial charge in [0.1, 0.15) is 6.10 Å². The summed E-state index contributed by atoms with van der Waals surface area (Å²) in [7, 11) is 3.63. The number of likely N-dealkylation sites (N-methyl/N-ethyl adjacent to an activating group) is 1. The van der Waals surface area contributed by atoms with Gasteiger partial charge in [-0.25, -0.2) is 0 Å². The Morgan fingerprint density at radius 1 is 1.48 bits per heavy atom. The summed E-state index contributed by atoms with van der Waals surface area (Å²) in [6.07, 6.45) is -0.427. The Balaban J connectivity index is 2.10. The van der Waals surface area contributed by atoms with E-state index in [1.165, 1.54) is 0 Å². The number of nitrogens with one attached hydrogen (secondary N) is 1. The molecular weight excluding hydrogens is 268 g/mol. The molecule has 1 fully saturated rings. The number of methoxy groups -OCH3 is 1. The molecule has 0 spiro atoms. The first kappa shape index (κ1) is 15.9. The lowest BCUT2D eigenvalue weighted by molar-refractivity contribution is -0.140. The second-order valence-electron chi connectivity index (χ2n) is 5.74. The van der Waals surface area contributed by atoms with Gasteiger partial charge in [-0.3, -0.25) is 4.79 Å². The number of amides is 1. The fraction of sp³-hybridized carbons (Fsp3) is 0.562. The summed E-state index contributed by atoms with van der Waals surface area (Å²) >= 11 is 0. The monoisotopic (exact) mass is 292 g/mol. The number of carbonyl (C=O) groups excluding carboxylic acids is 1. The molecular formula is C16H24N2O3. The highest BCUT2D eigenvalue weighted by molar-refractivity contribution is 5.82. The predicted octanol–water partition coefficient (Wildman–Crippen LogP) is 0.995. The fourth-order valence-electron chi connectivity index (χ4n) is 2.58. The van der Waals surface area contributed by atoms with Gasteiger partial charge in [-0.15, -0.1) is 0 Å². The van der Waals surface area contributed by atoms with Gasteiger partial charge < -0.3 is 19.7 Å². The summed E-state index contributed by atoms with van der Waals surface area (Å²) in [5.41, 5.74) is 0.455. The zero-order valence-electron chi connectivity index (χ0n) is 13.0. The highest BCUT2D eigenvalue weighted by atomic mass is 16.5. The van der Waals surface area contributed by atoms with E-state index < -0.39 is 11.6 Å². The number of nitrogens with zero attached hydrogens (tertiary/aromatic N) is 1. The van der Waals surface area contributed by atoms with Crippen LogP contribution in [-0.4, -0.2) is 57.4 Å². The van der Waals surface area contributed by atoms with Gasteiger partial charge in [0.15, 0.2) is 0 Å². The molecule has 0 aliphatic carbocycles. The molecule has 1 N–H and O–H groups in total. The third-order valence-electron chi connectivity index (χ3n) is 3.80. The number of benzene rings is 1. The number of rotatable bonds is 5. The quantitative estimate of drug-likeness (QED) is 0.879. The third kappa shape index (κ3) is 4.03. The molecule has 1 amide bonds. The fourth-order valence-corrected chi connectivity index (χ4v) is 2.58. The summed E-state index contributed by atoms with van der Waals surface area (Å²) in [5.74, 6) is -0.0926. The Labute approximate surface area is 126 Å².